The SMILES string of the molecule is COc1ccc(C(=O)OCc2ccc(-c3ccccc3)cc2)cc1S(N)(=O)=O. The van der Waals surface area contributed by atoms with Gasteiger partial charge in [0.05, 0.1) is 12.7 Å². The Balaban J connectivity index is 1.70. The first kappa shape index (κ1) is 19.6. The van der Waals surface area contributed by atoms with Gasteiger partial charge < -0.3 is 9.47 Å². The predicted octanol–water partition coefficient (Wildman–Crippen LogP) is 3.37. The maximum atomic E-state index is 12.3. The van der Waals surface area contributed by atoms with Gasteiger partial charge in [0, 0.05) is 0 Å². The fraction of sp³-hybridized carbons (Fsp3) is 0.0952. The molecule has 3 aromatic carbocycles. The highest BCUT2D eigenvalue weighted by molar-refractivity contribution is 7.89. The second-order valence-electron chi connectivity index (χ2n) is 6.05. The molecule has 0 aromatic heterocycles. The lowest BCUT2D eigenvalue weighted by Crippen LogP contribution is -2.15. The van der Waals surface area contributed by atoms with Gasteiger partial charge in [-0.15, -0.1) is 0 Å². The molecule has 144 valence electrons. The average molecular weight is 397 g/mol. The standard InChI is InChI=1S/C21H19NO5S/c1-26-19-12-11-18(13-20(19)28(22,24)25)21(23)27-14-15-7-9-17(10-8-15)16-5-3-2-4-6-16/h2-13H,14H2,1H3,(H2,22,24,25). The van der Waals surface area contributed by atoms with Crippen LogP contribution in [0.1, 0.15) is 15.9 Å². The number of hydrogen-bond donors (Lipinski definition) is 1. The van der Waals surface area contributed by atoms with Gasteiger partial charge in [0.1, 0.15) is 17.3 Å². The Morgan fingerprint density at radius 2 is 1.57 bits per heavy atom. The number of nitrogens with two attached hydrogens (primary N) is 1. The quantitative estimate of drug-likeness (QED) is 0.644. The Hall–Kier alpha value is -3.16. The Bertz CT molecular complexity index is 1080. The van der Waals surface area contributed by atoms with Crippen molar-refractivity contribution in [3.63, 3.8) is 0 Å². The summed E-state index contributed by atoms with van der Waals surface area (Å²) in [4.78, 5) is 12.0. The summed E-state index contributed by atoms with van der Waals surface area (Å²) in [6, 6.07) is 21.5. The van der Waals surface area contributed by atoms with E-state index in [1.54, 1.807) is 0 Å². The van der Waals surface area contributed by atoms with Crippen molar-refractivity contribution in [2.24, 2.45) is 5.14 Å². The Morgan fingerprint density at radius 3 is 2.18 bits per heavy atom. The van der Waals surface area contributed by atoms with Crippen LogP contribution >= 0.6 is 0 Å². The second kappa shape index (κ2) is 8.24. The number of rotatable bonds is 6. The smallest absolute Gasteiger partial charge is 0.338 e. The van der Waals surface area contributed by atoms with Gasteiger partial charge in [-0.25, -0.2) is 18.4 Å². The largest absolute Gasteiger partial charge is 0.495 e. The van der Waals surface area contributed by atoms with Crippen molar-refractivity contribution >= 4 is 16.0 Å². The van der Waals surface area contributed by atoms with E-state index < -0.39 is 16.0 Å². The third-order valence-electron chi connectivity index (χ3n) is 4.14. The van der Waals surface area contributed by atoms with Crippen molar-refractivity contribution in [2.45, 2.75) is 11.5 Å². The molecule has 0 saturated heterocycles. The summed E-state index contributed by atoms with van der Waals surface area (Å²) < 4.78 is 33.6. The predicted molar refractivity (Wildman–Crippen MR) is 105 cm³/mol. The van der Waals surface area contributed by atoms with E-state index in [1.165, 1.54) is 19.2 Å². The lowest BCUT2D eigenvalue weighted by Gasteiger charge is -2.10. The molecule has 3 aromatic rings. The van der Waals surface area contributed by atoms with E-state index in [1.807, 2.05) is 54.6 Å². The molecule has 0 spiro atoms. The maximum Gasteiger partial charge on any atom is 0.338 e. The van der Waals surface area contributed by atoms with Crippen molar-refractivity contribution in [3.8, 4) is 16.9 Å². The molecule has 0 bridgehead atoms. The second-order valence-corrected chi connectivity index (χ2v) is 7.58. The third-order valence-corrected chi connectivity index (χ3v) is 5.07. The van der Waals surface area contributed by atoms with Crippen LogP contribution < -0.4 is 9.88 Å². The number of carbonyl (C=O) groups is 1. The van der Waals surface area contributed by atoms with Gasteiger partial charge in [0.2, 0.25) is 10.0 Å². The molecule has 0 aliphatic carbocycles. The highest BCUT2D eigenvalue weighted by atomic mass is 32.2. The zero-order valence-electron chi connectivity index (χ0n) is 15.2. The fourth-order valence-corrected chi connectivity index (χ4v) is 3.41. The number of hydrogen-bond acceptors (Lipinski definition) is 5. The summed E-state index contributed by atoms with van der Waals surface area (Å²) in [5.41, 5.74) is 3.04. The number of primary sulfonamides is 1. The van der Waals surface area contributed by atoms with E-state index in [4.69, 9.17) is 14.6 Å². The summed E-state index contributed by atoms with van der Waals surface area (Å²) >= 11 is 0. The van der Waals surface area contributed by atoms with Crippen LogP contribution in [0.3, 0.4) is 0 Å². The Morgan fingerprint density at radius 1 is 0.929 bits per heavy atom. The van der Waals surface area contributed by atoms with Gasteiger partial charge in [0.25, 0.3) is 0 Å². The van der Waals surface area contributed by atoms with Crippen LogP contribution in [0.25, 0.3) is 11.1 Å². The highest BCUT2D eigenvalue weighted by Crippen LogP contribution is 2.24. The lowest BCUT2D eigenvalue weighted by molar-refractivity contribution is 0.0472. The van der Waals surface area contributed by atoms with Gasteiger partial charge in [-0.1, -0.05) is 54.6 Å². The van der Waals surface area contributed by atoms with Crippen LogP contribution in [0.4, 0.5) is 0 Å². The molecular weight excluding hydrogens is 378 g/mol. The van der Waals surface area contributed by atoms with Crippen molar-refractivity contribution in [1.82, 2.24) is 0 Å². The summed E-state index contributed by atoms with van der Waals surface area (Å²) in [6.45, 7) is 0.0602. The molecule has 0 aliphatic heterocycles. The van der Waals surface area contributed by atoms with Crippen LogP contribution in [-0.2, 0) is 21.4 Å². The lowest BCUT2D eigenvalue weighted by atomic mass is 10.0. The Labute approximate surface area is 163 Å². The van der Waals surface area contributed by atoms with Crippen molar-refractivity contribution in [1.29, 1.82) is 0 Å². The summed E-state index contributed by atoms with van der Waals surface area (Å²) in [5, 5.41) is 5.17. The van der Waals surface area contributed by atoms with Crippen molar-refractivity contribution < 1.29 is 22.7 Å². The van der Waals surface area contributed by atoms with Crippen LogP contribution in [-0.4, -0.2) is 21.5 Å². The topological polar surface area (TPSA) is 95.7 Å². The van der Waals surface area contributed by atoms with Crippen LogP contribution in [0.2, 0.25) is 0 Å². The van der Waals surface area contributed by atoms with E-state index in [0.29, 0.717) is 0 Å². The van der Waals surface area contributed by atoms with Crippen molar-refractivity contribution in [2.75, 3.05) is 7.11 Å². The van der Waals surface area contributed by atoms with E-state index in [9.17, 15) is 13.2 Å². The zero-order chi connectivity index (χ0) is 20.1. The van der Waals surface area contributed by atoms with E-state index >= 15 is 0 Å². The average Bonchev–Trinajstić information content (AvgIpc) is 2.72. The summed E-state index contributed by atoms with van der Waals surface area (Å²) in [7, 11) is -2.71. The van der Waals surface area contributed by atoms with Gasteiger partial charge in [-0.3, -0.25) is 0 Å². The molecule has 6 nitrogen and oxygen atoms in total. The minimum atomic E-state index is -4.03. The van der Waals surface area contributed by atoms with Crippen molar-refractivity contribution in [3.05, 3.63) is 83.9 Å². The van der Waals surface area contributed by atoms with E-state index in [2.05, 4.69) is 0 Å². The fourth-order valence-electron chi connectivity index (χ4n) is 2.68. The molecule has 0 unspecified atom stereocenters. The number of carbonyl (C=O) groups excluding carboxylic acids is 1. The molecule has 0 atom stereocenters. The monoisotopic (exact) mass is 397 g/mol. The minimum absolute atomic E-state index is 0.0602. The molecule has 0 saturated carbocycles. The molecule has 0 fully saturated rings. The van der Waals surface area contributed by atoms with Gasteiger partial charge in [0.15, 0.2) is 0 Å². The van der Waals surface area contributed by atoms with Crippen LogP contribution in [0.15, 0.2) is 77.7 Å². The molecule has 0 aliphatic rings. The van der Waals surface area contributed by atoms with Crippen LogP contribution in [0, 0.1) is 0 Å². The van der Waals surface area contributed by atoms with Gasteiger partial charge in [-0.05, 0) is 34.9 Å². The molecule has 0 amide bonds. The molecular formula is C21H19NO5S. The third kappa shape index (κ3) is 4.57. The Kier molecular flexibility index (Phi) is 5.77. The number of sulfonamides is 1. The first-order chi connectivity index (χ1) is 13.4. The zero-order valence-corrected chi connectivity index (χ0v) is 16.0. The highest BCUT2D eigenvalue weighted by Gasteiger charge is 2.18. The minimum Gasteiger partial charge on any atom is -0.495 e. The summed E-state index contributed by atoms with van der Waals surface area (Å²) in [5.74, 6) is -0.588. The number of ether oxygens (including phenoxy) is 2. The molecule has 2 N–H and O–H groups in total. The maximum absolute atomic E-state index is 12.3. The molecule has 0 heterocycles. The number of methoxy groups -OCH3 is 1. The first-order valence-corrected chi connectivity index (χ1v) is 9.95. The number of benzene rings is 3. The van der Waals surface area contributed by atoms with E-state index in [-0.39, 0.29) is 22.8 Å². The molecule has 3 rings (SSSR count). The number of esters is 1. The normalized spacial score (nSPS) is 11.1. The summed E-state index contributed by atoms with van der Waals surface area (Å²) in [6.07, 6.45) is 0. The van der Waals surface area contributed by atoms with Gasteiger partial charge >= 0.3 is 5.97 Å². The van der Waals surface area contributed by atoms with Crippen LogP contribution in [0.5, 0.6) is 5.75 Å². The molecule has 28 heavy (non-hydrogen) atoms. The molecule has 0 radical (unpaired) electrons. The first-order valence-electron chi connectivity index (χ1n) is 8.41. The molecule has 7 heteroatoms. The van der Waals surface area contributed by atoms with E-state index in [0.717, 1.165) is 22.8 Å². The van der Waals surface area contributed by atoms with Gasteiger partial charge in [-0.2, -0.15) is 0 Å².